The number of para-hydroxylation sites is 2. The molecule has 29 heavy (non-hydrogen) atoms. The molecule has 2 aromatic carbocycles. The number of anilines is 3. The van der Waals surface area contributed by atoms with E-state index in [0.717, 1.165) is 25.1 Å². The first-order valence-corrected chi connectivity index (χ1v) is 9.91. The molecule has 3 rings (SSSR count). The summed E-state index contributed by atoms with van der Waals surface area (Å²) in [5.41, 5.74) is 2.06. The maximum atomic E-state index is 12.4. The molecule has 0 bridgehead atoms. The zero-order chi connectivity index (χ0) is 20.5. The first-order valence-electron chi connectivity index (χ1n) is 9.91. The summed E-state index contributed by atoms with van der Waals surface area (Å²) in [6.07, 6.45) is 2.58. The van der Waals surface area contributed by atoms with Gasteiger partial charge in [0.1, 0.15) is 12.4 Å². The molecule has 1 aliphatic heterocycles. The molecule has 2 amide bonds. The molecule has 2 aromatic rings. The molecule has 3 N–H and O–H groups in total. The average Bonchev–Trinajstić information content (AvgIpc) is 3.25. The third kappa shape index (κ3) is 6.50. The molecule has 1 saturated heterocycles. The van der Waals surface area contributed by atoms with Gasteiger partial charge in [0.05, 0.1) is 18.3 Å². The summed E-state index contributed by atoms with van der Waals surface area (Å²) >= 11 is 0. The Labute approximate surface area is 170 Å². The van der Waals surface area contributed by atoms with E-state index in [1.165, 1.54) is 0 Å². The van der Waals surface area contributed by atoms with Crippen LogP contribution >= 0.6 is 0 Å². The molecule has 1 fully saturated rings. The van der Waals surface area contributed by atoms with Crippen LogP contribution in [0.3, 0.4) is 0 Å². The van der Waals surface area contributed by atoms with Crippen LogP contribution in [0.15, 0.2) is 48.5 Å². The van der Waals surface area contributed by atoms with Crippen molar-refractivity contribution in [3.05, 3.63) is 48.5 Å². The van der Waals surface area contributed by atoms with E-state index in [-0.39, 0.29) is 24.5 Å². The van der Waals surface area contributed by atoms with Crippen molar-refractivity contribution in [2.24, 2.45) is 0 Å². The van der Waals surface area contributed by atoms with Gasteiger partial charge in [-0.05, 0) is 43.2 Å². The van der Waals surface area contributed by atoms with Crippen molar-refractivity contribution in [1.29, 1.82) is 0 Å². The van der Waals surface area contributed by atoms with Gasteiger partial charge in [-0.3, -0.25) is 9.59 Å². The van der Waals surface area contributed by atoms with Gasteiger partial charge in [0.25, 0.3) is 0 Å². The number of carbonyl (C=O) groups excluding carboxylic acids is 2. The van der Waals surface area contributed by atoms with Crippen LogP contribution in [0.5, 0.6) is 5.75 Å². The maximum Gasteiger partial charge on any atom is 0.243 e. The predicted molar refractivity (Wildman–Crippen MR) is 113 cm³/mol. The van der Waals surface area contributed by atoms with Crippen molar-refractivity contribution in [3.8, 4) is 5.75 Å². The lowest BCUT2D eigenvalue weighted by atomic mass is 10.2. The normalized spacial score (nSPS) is 15.6. The molecule has 0 radical (unpaired) electrons. The number of carbonyl (C=O) groups is 2. The Balaban J connectivity index is 1.52. The van der Waals surface area contributed by atoms with Crippen molar-refractivity contribution in [2.75, 3.05) is 35.7 Å². The lowest BCUT2D eigenvalue weighted by molar-refractivity contribution is -0.116. The molecular formula is C22H27N3O4. The van der Waals surface area contributed by atoms with E-state index in [1.54, 1.807) is 19.1 Å². The summed E-state index contributed by atoms with van der Waals surface area (Å²) in [4.78, 5) is 23.9. The van der Waals surface area contributed by atoms with Crippen LogP contribution in [0.25, 0.3) is 0 Å². The predicted octanol–water partition coefficient (Wildman–Crippen LogP) is 3.64. The summed E-state index contributed by atoms with van der Waals surface area (Å²) in [6, 6.07) is 14.6. The van der Waals surface area contributed by atoms with E-state index in [4.69, 9.17) is 9.47 Å². The molecule has 0 saturated carbocycles. The molecule has 1 aliphatic rings. The third-order valence-corrected chi connectivity index (χ3v) is 4.53. The number of benzene rings is 2. The topological polar surface area (TPSA) is 88.7 Å². The summed E-state index contributed by atoms with van der Waals surface area (Å²) in [7, 11) is 0. The number of hydrogen-bond donors (Lipinski definition) is 3. The van der Waals surface area contributed by atoms with E-state index in [9.17, 15) is 9.59 Å². The Morgan fingerprint density at radius 1 is 1.07 bits per heavy atom. The molecule has 154 valence electrons. The van der Waals surface area contributed by atoms with E-state index in [2.05, 4.69) is 16.0 Å². The first-order chi connectivity index (χ1) is 14.1. The molecule has 1 unspecified atom stereocenters. The van der Waals surface area contributed by atoms with E-state index in [0.29, 0.717) is 30.2 Å². The van der Waals surface area contributed by atoms with Crippen LogP contribution in [0.4, 0.5) is 17.1 Å². The second kappa shape index (κ2) is 10.5. The Bertz CT molecular complexity index is 834. The molecule has 0 aliphatic carbocycles. The van der Waals surface area contributed by atoms with Gasteiger partial charge in [-0.25, -0.2) is 0 Å². The average molecular weight is 397 g/mol. The fourth-order valence-corrected chi connectivity index (χ4v) is 2.99. The van der Waals surface area contributed by atoms with Crippen LogP contribution < -0.4 is 20.7 Å². The van der Waals surface area contributed by atoms with Crippen LogP contribution in [-0.4, -0.2) is 37.7 Å². The molecule has 1 atom stereocenters. The minimum absolute atomic E-state index is 0.0560. The minimum Gasteiger partial charge on any atom is -0.489 e. The number of amides is 2. The third-order valence-electron chi connectivity index (χ3n) is 4.53. The number of rotatable bonds is 9. The first kappa shape index (κ1) is 20.7. The summed E-state index contributed by atoms with van der Waals surface area (Å²) < 4.78 is 11.4. The smallest absolute Gasteiger partial charge is 0.243 e. The SMILES string of the molecule is CCC(=O)Nc1cccc(NCC(=O)Nc2ccccc2OCC2CCCO2)c1. The van der Waals surface area contributed by atoms with Gasteiger partial charge in [-0.2, -0.15) is 0 Å². The summed E-state index contributed by atoms with van der Waals surface area (Å²) in [6.45, 7) is 3.14. The van der Waals surface area contributed by atoms with Crippen LogP contribution in [0, 0.1) is 0 Å². The summed E-state index contributed by atoms with van der Waals surface area (Å²) in [5, 5.41) is 8.74. The number of hydrogen-bond acceptors (Lipinski definition) is 5. The monoisotopic (exact) mass is 397 g/mol. The van der Waals surface area contributed by atoms with Crippen molar-refractivity contribution < 1.29 is 19.1 Å². The molecule has 1 heterocycles. The second-order valence-electron chi connectivity index (χ2n) is 6.83. The highest BCUT2D eigenvalue weighted by Gasteiger charge is 2.17. The van der Waals surface area contributed by atoms with Gasteiger partial charge in [0.15, 0.2) is 0 Å². The highest BCUT2D eigenvalue weighted by molar-refractivity contribution is 5.95. The molecule has 7 nitrogen and oxygen atoms in total. The minimum atomic E-state index is -0.193. The Hall–Kier alpha value is -3.06. The van der Waals surface area contributed by atoms with Gasteiger partial charge in [0.2, 0.25) is 11.8 Å². The zero-order valence-electron chi connectivity index (χ0n) is 16.6. The Morgan fingerprint density at radius 2 is 1.90 bits per heavy atom. The van der Waals surface area contributed by atoms with Gasteiger partial charge < -0.3 is 25.4 Å². The number of ether oxygens (including phenoxy) is 2. The lowest BCUT2D eigenvalue weighted by Crippen LogP contribution is -2.23. The molecule has 0 spiro atoms. The number of nitrogens with one attached hydrogen (secondary N) is 3. The van der Waals surface area contributed by atoms with E-state index >= 15 is 0 Å². The van der Waals surface area contributed by atoms with Gasteiger partial charge >= 0.3 is 0 Å². The van der Waals surface area contributed by atoms with Crippen LogP contribution in [-0.2, 0) is 14.3 Å². The maximum absolute atomic E-state index is 12.4. The van der Waals surface area contributed by atoms with Crippen LogP contribution in [0.1, 0.15) is 26.2 Å². The van der Waals surface area contributed by atoms with Gasteiger partial charge in [-0.15, -0.1) is 0 Å². The van der Waals surface area contributed by atoms with Crippen molar-refractivity contribution in [3.63, 3.8) is 0 Å². The second-order valence-corrected chi connectivity index (χ2v) is 6.83. The lowest BCUT2D eigenvalue weighted by Gasteiger charge is -2.15. The van der Waals surface area contributed by atoms with Crippen molar-refractivity contribution >= 4 is 28.9 Å². The van der Waals surface area contributed by atoms with Gasteiger partial charge in [0, 0.05) is 24.4 Å². The highest BCUT2D eigenvalue weighted by atomic mass is 16.5. The molecule has 0 aromatic heterocycles. The van der Waals surface area contributed by atoms with E-state index in [1.807, 2.05) is 36.4 Å². The standard InChI is InChI=1S/C22H27N3O4/c1-2-21(26)24-17-8-5-7-16(13-17)23-14-22(27)25-19-10-3-4-11-20(19)29-15-18-9-6-12-28-18/h3-5,7-8,10-11,13,18,23H,2,6,9,12,14-15H2,1H3,(H,24,26)(H,25,27). The van der Waals surface area contributed by atoms with E-state index < -0.39 is 0 Å². The van der Waals surface area contributed by atoms with Gasteiger partial charge in [-0.1, -0.05) is 25.1 Å². The molecular weight excluding hydrogens is 370 g/mol. The fourth-order valence-electron chi connectivity index (χ4n) is 2.99. The zero-order valence-corrected chi connectivity index (χ0v) is 16.6. The van der Waals surface area contributed by atoms with Crippen molar-refractivity contribution in [1.82, 2.24) is 0 Å². The largest absolute Gasteiger partial charge is 0.489 e. The van der Waals surface area contributed by atoms with Crippen molar-refractivity contribution in [2.45, 2.75) is 32.3 Å². The quantitative estimate of drug-likeness (QED) is 0.601. The fraction of sp³-hybridized carbons (Fsp3) is 0.364. The Kier molecular flexibility index (Phi) is 7.47. The summed E-state index contributed by atoms with van der Waals surface area (Å²) in [5.74, 6) is 0.376. The molecule has 7 heteroatoms. The highest BCUT2D eigenvalue weighted by Crippen LogP contribution is 2.25. The van der Waals surface area contributed by atoms with Crippen LogP contribution in [0.2, 0.25) is 0 Å². The Morgan fingerprint density at radius 3 is 2.69 bits per heavy atom.